The third-order valence-corrected chi connectivity index (χ3v) is 4.78. The largest absolute Gasteiger partial charge is 0.326 e. The summed E-state index contributed by atoms with van der Waals surface area (Å²) in [6, 6.07) is 14.6. The van der Waals surface area contributed by atoms with Crippen molar-refractivity contribution in [3.63, 3.8) is 0 Å². The summed E-state index contributed by atoms with van der Waals surface area (Å²) in [5.41, 5.74) is 3.22. The fourth-order valence-corrected chi connectivity index (χ4v) is 2.97. The highest BCUT2D eigenvalue weighted by atomic mass is 16.2. The van der Waals surface area contributed by atoms with Crippen LogP contribution in [0.3, 0.4) is 0 Å². The number of nitrogens with one attached hydrogen (secondary N) is 2. The van der Waals surface area contributed by atoms with Gasteiger partial charge < -0.3 is 10.6 Å². The molecule has 0 radical (unpaired) electrons. The summed E-state index contributed by atoms with van der Waals surface area (Å²) in [7, 11) is 0. The van der Waals surface area contributed by atoms with Gasteiger partial charge in [0.05, 0.1) is 0 Å². The molecule has 0 saturated heterocycles. The Kier molecular flexibility index (Phi) is 6.58. The first-order chi connectivity index (χ1) is 13.5. The zero-order valence-electron chi connectivity index (χ0n) is 16.2. The van der Waals surface area contributed by atoms with Crippen LogP contribution in [0.1, 0.15) is 54.9 Å². The maximum Gasteiger partial charge on any atom is 0.227 e. The average molecular weight is 378 g/mol. The molecule has 0 aromatic heterocycles. The minimum Gasteiger partial charge on any atom is -0.326 e. The summed E-state index contributed by atoms with van der Waals surface area (Å²) in [6.07, 6.45) is 4.30. The van der Waals surface area contributed by atoms with Gasteiger partial charge in [0.1, 0.15) is 0 Å². The molecule has 1 aliphatic rings. The summed E-state index contributed by atoms with van der Waals surface area (Å²) >= 11 is 0. The topological polar surface area (TPSA) is 75.3 Å². The lowest BCUT2D eigenvalue weighted by molar-refractivity contribution is -0.117. The number of hydrogen-bond acceptors (Lipinski definition) is 3. The lowest BCUT2D eigenvalue weighted by Gasteiger charge is -2.08. The third kappa shape index (κ3) is 5.78. The maximum absolute atomic E-state index is 12.3. The molecule has 146 valence electrons. The van der Waals surface area contributed by atoms with Gasteiger partial charge in [0.2, 0.25) is 11.8 Å². The summed E-state index contributed by atoms with van der Waals surface area (Å²) in [5.74, 6) is -0.0279. The molecule has 0 atom stereocenters. The fraction of sp³-hybridized carbons (Fsp3) is 0.348. The highest BCUT2D eigenvalue weighted by Gasteiger charge is 2.29. The summed E-state index contributed by atoms with van der Waals surface area (Å²) in [6.45, 7) is 2.12. The molecule has 3 rings (SSSR count). The van der Waals surface area contributed by atoms with E-state index < -0.39 is 0 Å². The van der Waals surface area contributed by atoms with Gasteiger partial charge in [-0.1, -0.05) is 37.6 Å². The molecule has 2 amide bonds. The van der Waals surface area contributed by atoms with Gasteiger partial charge in [0.15, 0.2) is 5.78 Å². The number of carbonyl (C=O) groups excluding carboxylic acids is 3. The van der Waals surface area contributed by atoms with Crippen LogP contribution >= 0.6 is 0 Å². The van der Waals surface area contributed by atoms with Gasteiger partial charge in [0.25, 0.3) is 0 Å². The molecule has 1 aliphatic carbocycles. The van der Waals surface area contributed by atoms with Crippen molar-refractivity contribution in [1.29, 1.82) is 0 Å². The molecule has 5 nitrogen and oxygen atoms in total. The normalized spacial score (nSPS) is 13.0. The fourth-order valence-electron chi connectivity index (χ4n) is 2.97. The first-order valence-corrected chi connectivity index (χ1v) is 9.88. The number of amides is 2. The number of carbonyl (C=O) groups is 3. The second-order valence-corrected chi connectivity index (χ2v) is 7.26. The molecule has 2 aromatic carbocycles. The minimum absolute atomic E-state index is 0.0312. The molecule has 0 aliphatic heterocycles. The first-order valence-electron chi connectivity index (χ1n) is 9.88. The molecule has 1 saturated carbocycles. The molecule has 2 aromatic rings. The van der Waals surface area contributed by atoms with Gasteiger partial charge in [-0.15, -0.1) is 0 Å². The lowest BCUT2D eigenvalue weighted by Crippen LogP contribution is -2.14. The Labute approximate surface area is 165 Å². The summed E-state index contributed by atoms with van der Waals surface area (Å²) < 4.78 is 0. The van der Waals surface area contributed by atoms with Crippen molar-refractivity contribution in [2.75, 3.05) is 10.6 Å². The number of Topliss-reactive ketones (excluding diaryl/α,β-unsaturated/α-hetero) is 1. The lowest BCUT2D eigenvalue weighted by atomic mass is 10.0. The molecule has 0 unspecified atom stereocenters. The molecule has 0 heterocycles. The van der Waals surface area contributed by atoms with Crippen molar-refractivity contribution >= 4 is 29.0 Å². The van der Waals surface area contributed by atoms with Crippen molar-refractivity contribution in [2.24, 2.45) is 5.92 Å². The van der Waals surface area contributed by atoms with Crippen molar-refractivity contribution in [3.8, 4) is 0 Å². The number of ketones is 1. The van der Waals surface area contributed by atoms with Crippen LogP contribution < -0.4 is 10.6 Å². The number of rotatable bonds is 9. The van der Waals surface area contributed by atoms with E-state index in [1.54, 1.807) is 24.3 Å². The van der Waals surface area contributed by atoms with Crippen LogP contribution in [0.4, 0.5) is 11.4 Å². The van der Waals surface area contributed by atoms with Crippen LogP contribution in [0.15, 0.2) is 48.5 Å². The van der Waals surface area contributed by atoms with E-state index in [2.05, 4.69) is 17.6 Å². The van der Waals surface area contributed by atoms with E-state index >= 15 is 0 Å². The third-order valence-electron chi connectivity index (χ3n) is 4.78. The highest BCUT2D eigenvalue weighted by Crippen LogP contribution is 2.30. The van der Waals surface area contributed by atoms with E-state index in [1.807, 2.05) is 24.3 Å². The van der Waals surface area contributed by atoms with Gasteiger partial charge in [-0.2, -0.15) is 0 Å². The molecule has 2 N–H and O–H groups in total. The summed E-state index contributed by atoms with van der Waals surface area (Å²) in [4.78, 5) is 36.1. The van der Waals surface area contributed by atoms with Crippen LogP contribution in [0.25, 0.3) is 0 Å². The molecule has 1 fully saturated rings. The maximum atomic E-state index is 12.3. The van der Waals surface area contributed by atoms with Crippen LogP contribution in [-0.4, -0.2) is 17.6 Å². The van der Waals surface area contributed by atoms with Crippen molar-refractivity contribution in [2.45, 2.75) is 45.4 Å². The minimum atomic E-state index is -0.203. The van der Waals surface area contributed by atoms with Crippen LogP contribution in [-0.2, 0) is 16.0 Å². The monoisotopic (exact) mass is 378 g/mol. The van der Waals surface area contributed by atoms with Crippen LogP contribution in [0.2, 0.25) is 0 Å². The molecule has 5 heteroatoms. The Balaban J connectivity index is 1.44. The molecule has 0 bridgehead atoms. The predicted molar refractivity (Wildman–Crippen MR) is 110 cm³/mol. The first kappa shape index (κ1) is 19.8. The highest BCUT2D eigenvalue weighted by molar-refractivity contribution is 6.00. The molecule has 0 spiro atoms. The van der Waals surface area contributed by atoms with E-state index in [0.717, 1.165) is 31.4 Å². The Morgan fingerprint density at radius 1 is 0.857 bits per heavy atom. The molecular formula is C23H26N2O3. The second-order valence-electron chi connectivity index (χ2n) is 7.26. The van der Waals surface area contributed by atoms with E-state index in [-0.39, 0.29) is 36.4 Å². The predicted octanol–water partition coefficient (Wildman–Crippen LogP) is 4.59. The van der Waals surface area contributed by atoms with Gasteiger partial charge in [-0.05, 0) is 49.1 Å². The van der Waals surface area contributed by atoms with Gasteiger partial charge in [-0.25, -0.2) is 0 Å². The van der Waals surface area contributed by atoms with E-state index in [0.29, 0.717) is 11.3 Å². The number of hydrogen-bond donors (Lipinski definition) is 2. The zero-order valence-corrected chi connectivity index (χ0v) is 16.2. The van der Waals surface area contributed by atoms with E-state index in [9.17, 15) is 14.4 Å². The van der Waals surface area contributed by atoms with Crippen LogP contribution in [0.5, 0.6) is 0 Å². The zero-order chi connectivity index (χ0) is 19.9. The quantitative estimate of drug-likeness (QED) is 0.627. The van der Waals surface area contributed by atoms with Crippen molar-refractivity contribution in [1.82, 2.24) is 0 Å². The van der Waals surface area contributed by atoms with E-state index in [4.69, 9.17) is 0 Å². The van der Waals surface area contributed by atoms with Crippen molar-refractivity contribution < 1.29 is 14.4 Å². The Morgan fingerprint density at radius 2 is 1.46 bits per heavy atom. The van der Waals surface area contributed by atoms with Gasteiger partial charge >= 0.3 is 0 Å². The summed E-state index contributed by atoms with van der Waals surface area (Å²) in [5, 5.41) is 5.64. The van der Waals surface area contributed by atoms with Crippen LogP contribution in [0, 0.1) is 5.92 Å². The molecular weight excluding hydrogens is 352 g/mol. The Bertz CT molecular complexity index is 837. The number of anilines is 2. The smallest absolute Gasteiger partial charge is 0.227 e. The Morgan fingerprint density at radius 3 is 2.04 bits per heavy atom. The van der Waals surface area contributed by atoms with E-state index in [1.165, 1.54) is 5.56 Å². The molecule has 28 heavy (non-hydrogen) atoms. The van der Waals surface area contributed by atoms with Gasteiger partial charge in [-0.3, -0.25) is 14.4 Å². The Hall–Kier alpha value is -2.95. The second kappa shape index (κ2) is 9.31. The standard InChI is InChI=1S/C23H26N2O3/c1-2-3-16-4-6-17(7-5-16)21(26)14-15-22(27)24-19-10-12-20(13-11-19)25-23(28)18-8-9-18/h4-7,10-13,18H,2-3,8-9,14-15H2,1H3,(H,24,27)(H,25,28). The van der Waals surface area contributed by atoms with Crippen molar-refractivity contribution in [3.05, 3.63) is 59.7 Å². The number of benzene rings is 2. The average Bonchev–Trinajstić information content (AvgIpc) is 3.54. The SMILES string of the molecule is CCCc1ccc(C(=O)CCC(=O)Nc2ccc(NC(=O)C3CC3)cc2)cc1. The number of aryl methyl sites for hydroxylation is 1. The van der Waals surface area contributed by atoms with Gasteiger partial charge in [0, 0.05) is 35.7 Å².